The third kappa shape index (κ3) is 1.93. The fourth-order valence-electron chi connectivity index (χ4n) is 6.56. The summed E-state index contributed by atoms with van der Waals surface area (Å²) in [6.45, 7) is 0. The molecule has 3 aromatic carbocycles. The number of carbonyl (C=O) groups is 3. The van der Waals surface area contributed by atoms with Crippen molar-refractivity contribution in [1.29, 1.82) is 0 Å². The molecule has 3 aromatic rings. The molecular weight excluding hydrogens is 440 g/mol. The maximum atomic E-state index is 14.5. The van der Waals surface area contributed by atoms with Gasteiger partial charge in [-0.3, -0.25) is 24.6 Å². The van der Waals surface area contributed by atoms with E-state index in [1.807, 2.05) is 66.7 Å². The average Bonchev–Trinajstić information content (AvgIpc) is 3.51. The highest BCUT2D eigenvalue weighted by Gasteiger charge is 2.80. The minimum atomic E-state index is -1.26. The van der Waals surface area contributed by atoms with E-state index in [-0.39, 0.29) is 28.9 Å². The molecule has 2 amide bonds. The second-order valence-corrected chi connectivity index (χ2v) is 11.0. The number of hydrogen-bond donors (Lipinski definition) is 1. The fraction of sp³-hybridized carbons (Fsp3) is 0.240. The van der Waals surface area contributed by atoms with Crippen LogP contribution in [0.3, 0.4) is 0 Å². The molecule has 158 valence electrons. The van der Waals surface area contributed by atoms with Crippen molar-refractivity contribution in [2.24, 2.45) is 0 Å². The molecule has 3 aliphatic heterocycles. The lowest BCUT2D eigenvalue weighted by Gasteiger charge is -2.43. The van der Waals surface area contributed by atoms with Crippen LogP contribution in [0.2, 0.25) is 0 Å². The Morgan fingerprint density at radius 3 is 2.47 bits per heavy atom. The molecule has 3 fully saturated rings. The summed E-state index contributed by atoms with van der Waals surface area (Å²) >= 11 is 2.81. The Labute approximate surface area is 192 Å². The van der Waals surface area contributed by atoms with Gasteiger partial charge in [-0.05, 0) is 33.7 Å². The number of hydrogen-bond acceptors (Lipinski definition) is 6. The molecule has 1 aliphatic carbocycles. The number of fused-ring (bicyclic) bond motifs is 4. The number of amides is 2. The Morgan fingerprint density at radius 2 is 1.72 bits per heavy atom. The highest BCUT2D eigenvalue weighted by atomic mass is 32.2. The Bertz CT molecular complexity index is 1350. The predicted octanol–water partition coefficient (Wildman–Crippen LogP) is 4.13. The first-order valence-electron chi connectivity index (χ1n) is 10.6. The van der Waals surface area contributed by atoms with Crippen LogP contribution in [0.1, 0.15) is 27.4 Å². The number of nitrogens with one attached hydrogen (secondary N) is 1. The zero-order valence-electron chi connectivity index (χ0n) is 16.9. The van der Waals surface area contributed by atoms with E-state index in [2.05, 4.69) is 10.2 Å². The Balaban J connectivity index is 1.62. The molecule has 2 spiro atoms. The van der Waals surface area contributed by atoms with E-state index in [1.54, 1.807) is 11.8 Å². The van der Waals surface area contributed by atoms with E-state index in [0.717, 1.165) is 39.4 Å². The van der Waals surface area contributed by atoms with Crippen molar-refractivity contribution in [3.63, 3.8) is 0 Å². The van der Waals surface area contributed by atoms with Crippen LogP contribution >= 0.6 is 23.5 Å². The summed E-state index contributed by atoms with van der Waals surface area (Å²) in [5.41, 5.74) is 1.29. The molecule has 7 heteroatoms. The summed E-state index contributed by atoms with van der Waals surface area (Å²) in [6.07, 6.45) is 0. The van der Waals surface area contributed by atoms with Crippen molar-refractivity contribution in [3.05, 3.63) is 83.4 Å². The molecule has 0 saturated carbocycles. The van der Waals surface area contributed by atoms with Crippen LogP contribution in [-0.4, -0.2) is 44.2 Å². The molecule has 4 atom stereocenters. The molecule has 3 saturated heterocycles. The second-order valence-electron chi connectivity index (χ2n) is 8.75. The molecule has 0 bridgehead atoms. The normalized spacial score (nSPS) is 33.1. The van der Waals surface area contributed by atoms with Gasteiger partial charge in [0, 0.05) is 29.2 Å². The Morgan fingerprint density at radius 1 is 0.938 bits per heavy atom. The topological polar surface area (TPSA) is 66.5 Å². The van der Waals surface area contributed by atoms with Crippen molar-refractivity contribution in [3.8, 4) is 0 Å². The summed E-state index contributed by atoms with van der Waals surface area (Å²) in [6, 6.07) is 21.6. The van der Waals surface area contributed by atoms with Crippen molar-refractivity contribution in [2.75, 3.05) is 11.6 Å². The number of thioether (sulfide) groups is 2. The second kappa shape index (κ2) is 6.25. The molecule has 7 rings (SSSR count). The van der Waals surface area contributed by atoms with Gasteiger partial charge in [-0.25, -0.2) is 0 Å². The molecule has 32 heavy (non-hydrogen) atoms. The third-order valence-electron chi connectivity index (χ3n) is 7.54. The maximum absolute atomic E-state index is 14.5. The molecule has 0 unspecified atom stereocenters. The minimum absolute atomic E-state index is 0.0277. The van der Waals surface area contributed by atoms with Gasteiger partial charge in [0.15, 0.2) is 5.78 Å². The molecule has 0 radical (unpaired) electrons. The smallest absolute Gasteiger partial charge is 0.286 e. The van der Waals surface area contributed by atoms with Crippen molar-refractivity contribution in [1.82, 2.24) is 10.2 Å². The van der Waals surface area contributed by atoms with Crippen LogP contribution in [0.25, 0.3) is 10.8 Å². The minimum Gasteiger partial charge on any atom is -0.292 e. The predicted molar refractivity (Wildman–Crippen MR) is 126 cm³/mol. The standard InChI is InChI=1S/C25H18N2O3S2/c28-21-16-10-4-8-14-9-5-11-17(19(14)16)24(21)25(22(29)26-23(30)32-25)20(15-6-2-1-3-7-15)18-12-31-13-27(18)24/h1-11,18,20H,12-13H2,(H,26,29,30)/t18-,20-,24-,25+/m1/s1. The number of rotatable bonds is 1. The van der Waals surface area contributed by atoms with Crippen molar-refractivity contribution < 1.29 is 14.4 Å². The van der Waals surface area contributed by atoms with Crippen LogP contribution in [0.15, 0.2) is 66.7 Å². The largest absolute Gasteiger partial charge is 0.292 e. The van der Waals surface area contributed by atoms with Crippen LogP contribution in [0, 0.1) is 0 Å². The van der Waals surface area contributed by atoms with Crippen LogP contribution in [0.5, 0.6) is 0 Å². The van der Waals surface area contributed by atoms with Crippen LogP contribution in [-0.2, 0) is 10.3 Å². The van der Waals surface area contributed by atoms with Gasteiger partial charge in [-0.2, -0.15) is 0 Å². The lowest BCUT2D eigenvalue weighted by molar-refractivity contribution is -0.123. The average molecular weight is 459 g/mol. The first kappa shape index (κ1) is 18.9. The van der Waals surface area contributed by atoms with Gasteiger partial charge >= 0.3 is 0 Å². The summed E-state index contributed by atoms with van der Waals surface area (Å²) in [4.78, 5) is 43.3. The summed E-state index contributed by atoms with van der Waals surface area (Å²) in [5.74, 6) is 0.758. The Hall–Kier alpha value is -2.61. The van der Waals surface area contributed by atoms with E-state index in [1.165, 1.54) is 0 Å². The lowest BCUT2D eigenvalue weighted by atomic mass is 9.70. The monoisotopic (exact) mass is 458 g/mol. The zero-order valence-corrected chi connectivity index (χ0v) is 18.5. The number of benzene rings is 3. The van der Waals surface area contributed by atoms with E-state index in [9.17, 15) is 14.4 Å². The SMILES string of the molecule is O=C1NC(=O)[C@@]2(S1)[C@H](c1ccccc1)[C@H]1CSCN1[C@]21C(=O)c2cccc3cccc1c23. The number of nitrogens with zero attached hydrogens (tertiary/aromatic N) is 1. The van der Waals surface area contributed by atoms with Gasteiger partial charge in [-0.15, -0.1) is 11.8 Å². The van der Waals surface area contributed by atoms with Gasteiger partial charge in [0.1, 0.15) is 10.3 Å². The third-order valence-corrected chi connectivity index (χ3v) is 9.93. The number of Topliss-reactive ketones (excluding diaryl/α,β-unsaturated/α-hetero) is 1. The summed E-state index contributed by atoms with van der Waals surface area (Å²) in [5, 5.41) is 4.09. The molecule has 4 aliphatic rings. The van der Waals surface area contributed by atoms with Gasteiger partial charge in [-0.1, -0.05) is 66.7 Å². The van der Waals surface area contributed by atoms with E-state index < -0.39 is 10.3 Å². The fourth-order valence-corrected chi connectivity index (χ4v) is 9.32. The quantitative estimate of drug-likeness (QED) is 0.592. The molecule has 0 aromatic heterocycles. The summed E-state index contributed by atoms with van der Waals surface area (Å²) < 4.78 is -1.26. The highest BCUT2D eigenvalue weighted by molar-refractivity contribution is 8.16. The maximum Gasteiger partial charge on any atom is 0.286 e. The van der Waals surface area contributed by atoms with Crippen LogP contribution < -0.4 is 5.32 Å². The lowest BCUT2D eigenvalue weighted by Crippen LogP contribution is -2.61. The number of carbonyl (C=O) groups excluding carboxylic acids is 3. The van der Waals surface area contributed by atoms with Gasteiger partial charge in [0.2, 0.25) is 5.91 Å². The Kier molecular flexibility index (Phi) is 3.69. The number of ketones is 1. The van der Waals surface area contributed by atoms with Crippen LogP contribution in [0.4, 0.5) is 4.79 Å². The van der Waals surface area contributed by atoms with Crippen molar-refractivity contribution >= 4 is 51.2 Å². The molecule has 3 heterocycles. The number of imide groups is 1. The summed E-state index contributed by atoms with van der Waals surface area (Å²) in [7, 11) is 0. The van der Waals surface area contributed by atoms with E-state index in [4.69, 9.17) is 0 Å². The molecular formula is C25H18N2O3S2. The van der Waals surface area contributed by atoms with Gasteiger partial charge < -0.3 is 0 Å². The first-order chi connectivity index (χ1) is 15.6. The van der Waals surface area contributed by atoms with E-state index >= 15 is 0 Å². The first-order valence-corrected chi connectivity index (χ1v) is 12.6. The molecule has 1 N–H and O–H groups in total. The molecule has 5 nitrogen and oxygen atoms in total. The van der Waals surface area contributed by atoms with Gasteiger partial charge in [0.05, 0.1) is 0 Å². The zero-order chi connectivity index (χ0) is 21.7. The van der Waals surface area contributed by atoms with E-state index in [0.29, 0.717) is 11.4 Å². The highest BCUT2D eigenvalue weighted by Crippen LogP contribution is 2.69. The van der Waals surface area contributed by atoms with Gasteiger partial charge in [0.25, 0.3) is 5.24 Å². The van der Waals surface area contributed by atoms with Crippen molar-refractivity contribution in [2.45, 2.75) is 22.2 Å².